The molecule has 1 unspecified atom stereocenters. The fourth-order valence-electron chi connectivity index (χ4n) is 3.98. The van der Waals surface area contributed by atoms with Gasteiger partial charge in [0.1, 0.15) is 11.6 Å². The van der Waals surface area contributed by atoms with E-state index in [1.807, 2.05) is 19.1 Å². The molecule has 0 radical (unpaired) electrons. The first-order chi connectivity index (χ1) is 16.5. The number of rotatable bonds is 8. The Labute approximate surface area is 195 Å². The Morgan fingerprint density at radius 2 is 1.88 bits per heavy atom. The van der Waals surface area contributed by atoms with Gasteiger partial charge in [-0.15, -0.1) is 0 Å². The smallest absolute Gasteiger partial charge is 0.252 e. The Kier molecular flexibility index (Phi) is 7.08. The maximum atomic E-state index is 14.9. The molecule has 8 heteroatoms. The topological polar surface area (TPSA) is 90.9 Å². The summed E-state index contributed by atoms with van der Waals surface area (Å²) in [6, 6.07) is 16.8. The summed E-state index contributed by atoms with van der Waals surface area (Å²) in [4.78, 5) is 17.6. The summed E-state index contributed by atoms with van der Waals surface area (Å²) in [5.74, 6) is -1.62. The number of H-pyrrole nitrogens is 1. The molecular formula is C26H24F2N4O2. The van der Waals surface area contributed by atoms with E-state index in [2.05, 4.69) is 20.5 Å². The molecule has 6 nitrogen and oxygen atoms in total. The van der Waals surface area contributed by atoms with E-state index in [-0.39, 0.29) is 35.5 Å². The number of pyridine rings is 1. The molecule has 0 aliphatic rings. The van der Waals surface area contributed by atoms with Gasteiger partial charge in [-0.3, -0.25) is 14.9 Å². The number of carbonyl (C=O) groups is 1. The van der Waals surface area contributed by atoms with Crippen LogP contribution >= 0.6 is 0 Å². The molecule has 0 aliphatic carbocycles. The third-order valence-electron chi connectivity index (χ3n) is 5.72. The van der Waals surface area contributed by atoms with Gasteiger partial charge in [-0.05, 0) is 67.9 Å². The molecule has 0 spiro atoms. The van der Waals surface area contributed by atoms with Gasteiger partial charge < -0.3 is 10.4 Å². The van der Waals surface area contributed by atoms with Crippen molar-refractivity contribution in [3.05, 3.63) is 95.8 Å². The molecule has 2 heterocycles. The second-order valence-corrected chi connectivity index (χ2v) is 7.97. The minimum atomic E-state index is -0.578. The molecule has 0 bridgehead atoms. The predicted molar refractivity (Wildman–Crippen MR) is 125 cm³/mol. The van der Waals surface area contributed by atoms with Crippen LogP contribution < -0.4 is 5.32 Å². The standard InChI is InChI=1S/C26H24F2N4O2/c1-16(19(12-14-33)22-7-2-3-13-29-22)30-26(34)20-5-4-6-21(28)25(20)24-15-23(31-32-24)17-8-10-18(27)11-9-17/h2-11,13,15-16,19,33H,12,14H2,1H3,(H,30,34)(H,31,32)/t16-,19?/m1/s1. The van der Waals surface area contributed by atoms with E-state index in [0.717, 1.165) is 5.69 Å². The number of amides is 1. The zero-order valence-electron chi connectivity index (χ0n) is 18.5. The van der Waals surface area contributed by atoms with Crippen molar-refractivity contribution in [2.24, 2.45) is 0 Å². The molecule has 2 atom stereocenters. The molecule has 4 rings (SSSR count). The van der Waals surface area contributed by atoms with Gasteiger partial charge in [-0.2, -0.15) is 5.10 Å². The number of carbonyl (C=O) groups excluding carboxylic acids is 1. The molecule has 4 aromatic rings. The molecule has 0 aliphatic heterocycles. The van der Waals surface area contributed by atoms with Crippen molar-refractivity contribution in [2.45, 2.75) is 25.3 Å². The van der Waals surface area contributed by atoms with Gasteiger partial charge in [-0.25, -0.2) is 8.78 Å². The second-order valence-electron chi connectivity index (χ2n) is 7.97. The van der Waals surface area contributed by atoms with Crippen LogP contribution in [0.1, 0.15) is 35.3 Å². The Morgan fingerprint density at radius 1 is 1.09 bits per heavy atom. The number of aromatic nitrogens is 3. The summed E-state index contributed by atoms with van der Waals surface area (Å²) < 4.78 is 28.2. The Bertz CT molecular complexity index is 1260. The van der Waals surface area contributed by atoms with Gasteiger partial charge in [0.15, 0.2) is 0 Å². The third kappa shape index (κ3) is 5.02. The fraction of sp³-hybridized carbons (Fsp3) is 0.192. The van der Waals surface area contributed by atoms with E-state index in [0.29, 0.717) is 23.4 Å². The second kappa shape index (κ2) is 10.4. The van der Waals surface area contributed by atoms with Crippen LogP contribution in [0.4, 0.5) is 8.78 Å². The average Bonchev–Trinajstić information content (AvgIpc) is 3.33. The number of aromatic amines is 1. The lowest BCUT2D eigenvalue weighted by Crippen LogP contribution is -2.38. The highest BCUT2D eigenvalue weighted by Crippen LogP contribution is 2.30. The molecule has 174 valence electrons. The normalized spacial score (nSPS) is 12.8. The van der Waals surface area contributed by atoms with Gasteiger partial charge >= 0.3 is 0 Å². The van der Waals surface area contributed by atoms with Crippen LogP contribution in [0.5, 0.6) is 0 Å². The first kappa shape index (κ1) is 23.3. The van der Waals surface area contributed by atoms with Crippen molar-refractivity contribution in [1.82, 2.24) is 20.5 Å². The molecular weight excluding hydrogens is 438 g/mol. The Morgan fingerprint density at radius 3 is 2.59 bits per heavy atom. The predicted octanol–water partition coefficient (Wildman–Crippen LogP) is 4.70. The largest absolute Gasteiger partial charge is 0.396 e. The lowest BCUT2D eigenvalue weighted by Gasteiger charge is -2.24. The lowest BCUT2D eigenvalue weighted by atomic mass is 9.93. The molecule has 2 aromatic heterocycles. The lowest BCUT2D eigenvalue weighted by molar-refractivity contribution is 0.0931. The minimum Gasteiger partial charge on any atom is -0.396 e. The van der Waals surface area contributed by atoms with Crippen LogP contribution in [0, 0.1) is 11.6 Å². The summed E-state index contributed by atoms with van der Waals surface area (Å²) in [5, 5.41) is 19.4. The zero-order chi connectivity index (χ0) is 24.1. The maximum absolute atomic E-state index is 14.9. The van der Waals surface area contributed by atoms with Crippen LogP contribution in [-0.4, -0.2) is 38.8 Å². The van der Waals surface area contributed by atoms with Crippen LogP contribution in [0.3, 0.4) is 0 Å². The summed E-state index contributed by atoms with van der Waals surface area (Å²) >= 11 is 0. The first-order valence-corrected chi connectivity index (χ1v) is 10.9. The van der Waals surface area contributed by atoms with Gasteiger partial charge in [0, 0.05) is 41.6 Å². The molecule has 0 fully saturated rings. The molecule has 1 amide bonds. The van der Waals surface area contributed by atoms with Gasteiger partial charge in [0.2, 0.25) is 0 Å². The Hall–Kier alpha value is -3.91. The number of aliphatic hydroxyl groups excluding tert-OH is 1. The monoisotopic (exact) mass is 462 g/mol. The van der Waals surface area contributed by atoms with Crippen LogP contribution in [0.25, 0.3) is 22.5 Å². The van der Waals surface area contributed by atoms with Crippen LogP contribution in [0.2, 0.25) is 0 Å². The van der Waals surface area contributed by atoms with Crippen LogP contribution in [0.15, 0.2) is 72.9 Å². The Balaban J connectivity index is 1.61. The highest BCUT2D eigenvalue weighted by atomic mass is 19.1. The zero-order valence-corrected chi connectivity index (χ0v) is 18.5. The number of halogens is 2. The van der Waals surface area contributed by atoms with E-state index >= 15 is 0 Å². The quantitative estimate of drug-likeness (QED) is 0.354. The molecule has 34 heavy (non-hydrogen) atoms. The first-order valence-electron chi connectivity index (χ1n) is 10.9. The highest BCUT2D eigenvalue weighted by molar-refractivity contribution is 6.01. The summed E-state index contributed by atoms with van der Waals surface area (Å²) in [5.41, 5.74) is 2.46. The van der Waals surface area contributed by atoms with Gasteiger partial charge in [-0.1, -0.05) is 12.1 Å². The van der Waals surface area contributed by atoms with Gasteiger partial charge in [0.25, 0.3) is 5.91 Å². The number of hydrogen-bond acceptors (Lipinski definition) is 4. The summed E-state index contributed by atoms with van der Waals surface area (Å²) in [6.07, 6.45) is 2.08. The number of aliphatic hydroxyl groups is 1. The van der Waals surface area contributed by atoms with Crippen molar-refractivity contribution >= 4 is 5.91 Å². The van der Waals surface area contributed by atoms with Crippen molar-refractivity contribution < 1.29 is 18.7 Å². The molecule has 3 N–H and O–H groups in total. The van der Waals surface area contributed by atoms with Crippen molar-refractivity contribution in [1.29, 1.82) is 0 Å². The fourth-order valence-corrected chi connectivity index (χ4v) is 3.98. The molecule has 0 saturated carbocycles. The van der Waals surface area contributed by atoms with E-state index in [4.69, 9.17) is 0 Å². The number of benzene rings is 2. The third-order valence-corrected chi connectivity index (χ3v) is 5.72. The maximum Gasteiger partial charge on any atom is 0.252 e. The van der Waals surface area contributed by atoms with E-state index in [1.54, 1.807) is 36.5 Å². The highest BCUT2D eigenvalue weighted by Gasteiger charge is 2.25. The van der Waals surface area contributed by atoms with E-state index in [9.17, 15) is 18.7 Å². The van der Waals surface area contributed by atoms with Crippen molar-refractivity contribution in [3.63, 3.8) is 0 Å². The number of hydrogen-bond donors (Lipinski definition) is 3. The number of nitrogens with zero attached hydrogens (tertiary/aromatic N) is 2. The summed E-state index contributed by atoms with van der Waals surface area (Å²) in [6.45, 7) is 1.77. The average molecular weight is 463 g/mol. The molecule has 2 aromatic carbocycles. The number of nitrogens with one attached hydrogen (secondary N) is 2. The van der Waals surface area contributed by atoms with Crippen LogP contribution in [-0.2, 0) is 0 Å². The summed E-state index contributed by atoms with van der Waals surface area (Å²) in [7, 11) is 0. The van der Waals surface area contributed by atoms with E-state index < -0.39 is 11.7 Å². The minimum absolute atomic E-state index is 0.0625. The molecule has 0 saturated heterocycles. The SMILES string of the molecule is C[C@@H](NC(=O)c1cccc(F)c1-c1cc(-c2ccc(F)cc2)n[nH]1)C(CCO)c1ccccn1. The van der Waals surface area contributed by atoms with Crippen molar-refractivity contribution in [3.8, 4) is 22.5 Å². The van der Waals surface area contributed by atoms with E-state index in [1.165, 1.54) is 24.3 Å². The van der Waals surface area contributed by atoms with Gasteiger partial charge in [0.05, 0.1) is 17.0 Å². The van der Waals surface area contributed by atoms with Crippen molar-refractivity contribution in [2.75, 3.05) is 6.61 Å².